The Balaban J connectivity index is 2.35. The van der Waals surface area contributed by atoms with E-state index in [1.807, 2.05) is 12.1 Å². The maximum atomic E-state index is 12.4. The van der Waals surface area contributed by atoms with E-state index < -0.39 is 0 Å². The second-order valence-electron chi connectivity index (χ2n) is 3.99. The van der Waals surface area contributed by atoms with E-state index in [1.165, 1.54) is 0 Å². The summed E-state index contributed by atoms with van der Waals surface area (Å²) in [5, 5.41) is 12.5. The van der Waals surface area contributed by atoms with Crippen LogP contribution >= 0.6 is 93.0 Å². The van der Waals surface area contributed by atoms with Gasteiger partial charge in [-0.2, -0.15) is 0 Å². The van der Waals surface area contributed by atoms with Crippen molar-refractivity contribution < 1.29 is 9.90 Å². The number of hydrogen-bond donors (Lipinski definition) is 2. The van der Waals surface area contributed by atoms with E-state index in [2.05, 4.69) is 98.3 Å². The summed E-state index contributed by atoms with van der Waals surface area (Å²) < 4.78 is 3.72. The molecule has 0 heterocycles. The minimum atomic E-state index is -0.220. The van der Waals surface area contributed by atoms with Crippen LogP contribution in [-0.4, -0.2) is 11.0 Å². The molecule has 2 rings (SSSR count). The lowest BCUT2D eigenvalue weighted by atomic mass is 10.2. The molecule has 0 saturated heterocycles. The Labute approximate surface area is 173 Å². The van der Waals surface area contributed by atoms with E-state index in [0.29, 0.717) is 20.2 Å². The van der Waals surface area contributed by atoms with Crippen molar-refractivity contribution in [1.82, 2.24) is 0 Å². The fraction of sp³-hybridized carbons (Fsp3) is 0. The molecule has 0 aliphatic rings. The maximum absolute atomic E-state index is 12.4. The Kier molecular flexibility index (Phi) is 6.37. The van der Waals surface area contributed by atoms with Crippen LogP contribution in [0.1, 0.15) is 10.4 Å². The molecular formula is C13H6Br3I2NO2. The van der Waals surface area contributed by atoms with Gasteiger partial charge in [0.2, 0.25) is 0 Å². The maximum Gasteiger partial charge on any atom is 0.256 e. The highest BCUT2D eigenvalue weighted by Crippen LogP contribution is 2.35. The molecule has 2 aromatic rings. The Morgan fingerprint density at radius 1 is 1.05 bits per heavy atom. The van der Waals surface area contributed by atoms with Gasteiger partial charge in [0.1, 0.15) is 5.75 Å². The second kappa shape index (κ2) is 7.45. The van der Waals surface area contributed by atoms with E-state index in [4.69, 9.17) is 0 Å². The summed E-state index contributed by atoms with van der Waals surface area (Å²) in [5.74, 6) is -0.124. The fourth-order valence-corrected chi connectivity index (χ4v) is 5.00. The number of hydrogen-bond acceptors (Lipinski definition) is 2. The van der Waals surface area contributed by atoms with Crippen LogP contribution in [0.15, 0.2) is 37.7 Å². The Hall–Kier alpha value is 0.610. The van der Waals surface area contributed by atoms with Crippen LogP contribution in [0, 0.1) is 7.14 Å². The molecule has 0 aliphatic heterocycles. The van der Waals surface area contributed by atoms with Crippen LogP contribution in [-0.2, 0) is 0 Å². The summed E-state index contributed by atoms with van der Waals surface area (Å²) in [6, 6.07) is 7.08. The van der Waals surface area contributed by atoms with Crippen LogP contribution in [0.5, 0.6) is 5.75 Å². The van der Waals surface area contributed by atoms with Crippen molar-refractivity contribution in [2.45, 2.75) is 0 Å². The molecule has 2 aromatic carbocycles. The molecule has 21 heavy (non-hydrogen) atoms. The van der Waals surface area contributed by atoms with Gasteiger partial charge < -0.3 is 10.4 Å². The average molecular weight is 702 g/mol. The Morgan fingerprint density at radius 2 is 1.62 bits per heavy atom. The predicted octanol–water partition coefficient (Wildman–Crippen LogP) is 6.14. The number of phenols is 1. The first kappa shape index (κ1) is 18.0. The molecule has 0 unspecified atom stereocenters. The van der Waals surface area contributed by atoms with Gasteiger partial charge in [-0.25, -0.2) is 0 Å². The first-order valence-corrected chi connectivity index (χ1v) is 9.97. The molecule has 0 saturated carbocycles. The molecule has 0 radical (unpaired) electrons. The third kappa shape index (κ3) is 4.33. The van der Waals surface area contributed by atoms with E-state index in [9.17, 15) is 9.90 Å². The van der Waals surface area contributed by atoms with Crippen LogP contribution in [0.4, 0.5) is 5.69 Å². The predicted molar refractivity (Wildman–Crippen MR) is 111 cm³/mol. The van der Waals surface area contributed by atoms with Gasteiger partial charge in [0.05, 0.1) is 14.5 Å². The van der Waals surface area contributed by atoms with Gasteiger partial charge in [0.15, 0.2) is 0 Å². The molecule has 0 aliphatic carbocycles. The molecule has 8 heteroatoms. The summed E-state index contributed by atoms with van der Waals surface area (Å²) in [6.45, 7) is 0. The quantitative estimate of drug-likeness (QED) is 0.225. The zero-order valence-corrected chi connectivity index (χ0v) is 19.1. The van der Waals surface area contributed by atoms with Crippen LogP contribution in [0.3, 0.4) is 0 Å². The number of benzene rings is 2. The van der Waals surface area contributed by atoms with Gasteiger partial charge >= 0.3 is 0 Å². The van der Waals surface area contributed by atoms with Crippen LogP contribution < -0.4 is 5.32 Å². The van der Waals surface area contributed by atoms with Crippen molar-refractivity contribution in [2.75, 3.05) is 5.32 Å². The minimum absolute atomic E-state index is 0.0954. The van der Waals surface area contributed by atoms with Crippen molar-refractivity contribution in [3.05, 3.63) is 50.4 Å². The zero-order chi connectivity index (χ0) is 15.7. The summed E-state index contributed by atoms with van der Waals surface area (Å²) in [4.78, 5) is 12.4. The number of amides is 1. The van der Waals surface area contributed by atoms with Gasteiger partial charge in [-0.3, -0.25) is 4.79 Å². The topological polar surface area (TPSA) is 49.3 Å². The van der Waals surface area contributed by atoms with Gasteiger partial charge in [-0.05, 0) is 117 Å². The summed E-state index contributed by atoms with van der Waals surface area (Å²) in [6.07, 6.45) is 0. The number of nitrogens with one attached hydrogen (secondary N) is 1. The average Bonchev–Trinajstić information content (AvgIpc) is 2.39. The van der Waals surface area contributed by atoms with Gasteiger partial charge in [-0.15, -0.1) is 0 Å². The van der Waals surface area contributed by atoms with Crippen molar-refractivity contribution >= 4 is 105 Å². The molecule has 0 spiro atoms. The SMILES string of the molecule is O=C(Nc1cc(Br)c(O)c(Br)c1)c1cc(I)cc(I)c1Br. The number of phenolic OH excluding ortho intramolecular Hbond substituents is 1. The smallest absolute Gasteiger partial charge is 0.256 e. The highest BCUT2D eigenvalue weighted by Gasteiger charge is 2.15. The van der Waals surface area contributed by atoms with Gasteiger partial charge in [0.25, 0.3) is 5.91 Å². The largest absolute Gasteiger partial charge is 0.506 e. The second-order valence-corrected chi connectivity index (χ2v) is 8.90. The third-order valence-corrected chi connectivity index (χ3v) is 6.79. The highest BCUT2D eigenvalue weighted by molar-refractivity contribution is 14.1. The monoisotopic (exact) mass is 699 g/mol. The number of anilines is 1. The van der Waals surface area contributed by atoms with Crippen molar-refractivity contribution in [3.63, 3.8) is 0 Å². The number of aromatic hydroxyl groups is 1. The van der Waals surface area contributed by atoms with Gasteiger partial charge in [-0.1, -0.05) is 0 Å². The number of carbonyl (C=O) groups is 1. The summed E-state index contributed by atoms with van der Waals surface area (Å²) >= 11 is 14.3. The normalized spacial score (nSPS) is 10.5. The van der Waals surface area contributed by atoms with Crippen molar-refractivity contribution in [1.29, 1.82) is 0 Å². The molecule has 3 nitrogen and oxygen atoms in total. The molecule has 0 bridgehead atoms. The van der Waals surface area contributed by atoms with Crippen molar-refractivity contribution in [3.8, 4) is 5.75 Å². The Bertz CT molecular complexity index is 715. The molecule has 0 aromatic heterocycles. The minimum Gasteiger partial charge on any atom is -0.506 e. The first-order chi connectivity index (χ1) is 9.79. The van der Waals surface area contributed by atoms with E-state index in [0.717, 1.165) is 11.6 Å². The van der Waals surface area contributed by atoms with Crippen LogP contribution in [0.25, 0.3) is 0 Å². The lowest BCUT2D eigenvalue weighted by Crippen LogP contribution is -2.13. The molecule has 2 N–H and O–H groups in total. The van der Waals surface area contributed by atoms with E-state index >= 15 is 0 Å². The zero-order valence-electron chi connectivity index (χ0n) is 10.1. The van der Waals surface area contributed by atoms with Crippen molar-refractivity contribution in [2.24, 2.45) is 0 Å². The van der Waals surface area contributed by atoms with Gasteiger partial charge in [0, 0.05) is 17.3 Å². The molecular weight excluding hydrogens is 696 g/mol. The number of halogens is 5. The number of rotatable bonds is 2. The molecule has 110 valence electrons. The third-order valence-electron chi connectivity index (χ3n) is 2.51. The Morgan fingerprint density at radius 3 is 2.19 bits per heavy atom. The standard InChI is InChI=1S/C13H6Br3I2NO2/c14-8-3-6(4-9(15)12(8)20)19-13(21)7-1-5(17)2-10(18)11(7)16/h1-4,20H,(H,19,21). The lowest BCUT2D eigenvalue weighted by Gasteiger charge is -2.10. The summed E-state index contributed by atoms with van der Waals surface area (Å²) in [7, 11) is 0. The molecule has 0 atom stereocenters. The van der Waals surface area contributed by atoms with Crippen LogP contribution in [0.2, 0.25) is 0 Å². The lowest BCUT2D eigenvalue weighted by molar-refractivity contribution is 0.102. The summed E-state index contributed by atoms with van der Waals surface area (Å²) in [5.41, 5.74) is 1.14. The fourth-order valence-electron chi connectivity index (χ4n) is 1.56. The van der Waals surface area contributed by atoms with E-state index in [1.54, 1.807) is 12.1 Å². The molecule has 0 fully saturated rings. The molecule has 1 amide bonds. The first-order valence-electron chi connectivity index (χ1n) is 5.43. The highest BCUT2D eigenvalue weighted by atomic mass is 127. The number of carbonyl (C=O) groups excluding carboxylic acids is 1. The van der Waals surface area contributed by atoms with E-state index in [-0.39, 0.29) is 11.7 Å².